The van der Waals surface area contributed by atoms with Crippen molar-refractivity contribution in [1.29, 1.82) is 0 Å². The second-order valence-electron chi connectivity index (χ2n) is 16.5. The first-order chi connectivity index (χ1) is 30.8. The molecule has 1 atom stereocenters. The highest BCUT2D eigenvalue weighted by molar-refractivity contribution is 6.16. The van der Waals surface area contributed by atoms with Gasteiger partial charge in [0.1, 0.15) is 0 Å². The predicted molar refractivity (Wildman–Crippen MR) is 276 cm³/mol. The van der Waals surface area contributed by atoms with Crippen LogP contribution in [0.5, 0.6) is 0 Å². The Morgan fingerprint density at radius 3 is 1.98 bits per heavy atom. The number of aryl methyl sites for hydroxylation is 3. The molecule has 0 heterocycles. The lowest BCUT2D eigenvalue weighted by molar-refractivity contribution is 0.681. The van der Waals surface area contributed by atoms with Crippen molar-refractivity contribution >= 4 is 22.9 Å². The highest BCUT2D eigenvalue weighted by Gasteiger charge is 2.14. The van der Waals surface area contributed by atoms with E-state index in [0.717, 1.165) is 18.6 Å². The lowest BCUT2D eigenvalue weighted by Crippen LogP contribution is -2.04. The van der Waals surface area contributed by atoms with E-state index in [9.17, 15) is 0 Å². The third-order valence-electron chi connectivity index (χ3n) is 11.7. The average Bonchev–Trinajstić information content (AvgIpc) is 3.78. The number of rotatable bonds is 8. The van der Waals surface area contributed by atoms with Gasteiger partial charge in [0.2, 0.25) is 0 Å². The largest absolute Gasteiger partial charge is 0.280 e. The van der Waals surface area contributed by atoms with Gasteiger partial charge in [-0.3, -0.25) is 4.99 Å². The molecule has 1 heteroatoms. The molecule has 0 N–H and O–H groups in total. The van der Waals surface area contributed by atoms with Crippen LogP contribution in [0, 0.1) is 26.7 Å². The molecule has 0 bridgehead atoms. The molecule has 0 radical (unpaired) electrons. The Labute approximate surface area is 378 Å². The zero-order chi connectivity index (χ0) is 44.4. The Balaban J connectivity index is 0.000000168. The van der Waals surface area contributed by atoms with Crippen molar-refractivity contribution in [2.75, 3.05) is 0 Å². The van der Waals surface area contributed by atoms with Crippen molar-refractivity contribution in [2.24, 2.45) is 10.9 Å². The van der Waals surface area contributed by atoms with Crippen LogP contribution >= 0.6 is 0 Å². The summed E-state index contributed by atoms with van der Waals surface area (Å²) in [7, 11) is 0. The predicted octanol–water partition coefficient (Wildman–Crippen LogP) is 16.5. The maximum Gasteiger partial charge on any atom is 0.0653 e. The first-order valence-corrected chi connectivity index (χ1v) is 22.4. The molecule has 0 aromatic heterocycles. The van der Waals surface area contributed by atoms with Gasteiger partial charge in [-0.05, 0) is 138 Å². The average molecular weight is 822 g/mol. The summed E-state index contributed by atoms with van der Waals surface area (Å²) in [5, 5.41) is 0. The van der Waals surface area contributed by atoms with Gasteiger partial charge in [-0.25, -0.2) is 0 Å². The summed E-state index contributed by atoms with van der Waals surface area (Å²) >= 11 is 0. The van der Waals surface area contributed by atoms with Crippen LogP contribution in [-0.2, 0) is 19.4 Å². The van der Waals surface area contributed by atoms with Crippen molar-refractivity contribution < 1.29 is 0 Å². The third-order valence-corrected chi connectivity index (χ3v) is 11.7. The highest BCUT2D eigenvalue weighted by Crippen LogP contribution is 2.31. The van der Waals surface area contributed by atoms with Crippen molar-refractivity contribution in [3.8, 4) is 11.1 Å². The summed E-state index contributed by atoms with van der Waals surface area (Å²) in [5.74, 6) is 0.637. The molecule has 0 spiro atoms. The standard InChI is InChI=1S/C29H27N.C16H20.C15H12.C2H4/c1-21-16-22(2)18-24(17-21)20-30-29-15-8-7-14-28(29)23(3)26-12-9-13-27(19-26)25-10-5-4-6-11-25;1-13-8-6-7-11-16(13)12-14(2)15-9-4-3-5-10-15;1-2-6-12(7-3-1)15-10-13-8-4-5-9-14(13)11-15;1-2/h4-19H,20H2,1-3H3;4,6-11,14H,3,5,12H2,1-2H3;1-10H,11H2;1-2H2/b28-23+,30-29?;;;. The molecule has 1 unspecified atom stereocenters. The van der Waals surface area contributed by atoms with Crippen molar-refractivity contribution in [3.05, 3.63) is 269 Å². The van der Waals surface area contributed by atoms with Crippen LogP contribution in [-0.4, -0.2) is 5.71 Å². The van der Waals surface area contributed by atoms with Crippen molar-refractivity contribution in [1.82, 2.24) is 0 Å². The van der Waals surface area contributed by atoms with E-state index in [2.05, 4.69) is 248 Å². The summed E-state index contributed by atoms with van der Waals surface area (Å²) in [6.45, 7) is 17.7. The maximum absolute atomic E-state index is 4.96. The highest BCUT2D eigenvalue weighted by atomic mass is 14.7. The van der Waals surface area contributed by atoms with Gasteiger partial charge >= 0.3 is 0 Å². The second kappa shape index (κ2) is 23.4. The summed E-state index contributed by atoms with van der Waals surface area (Å²) in [6, 6.07) is 53.9. The van der Waals surface area contributed by atoms with Crippen LogP contribution in [0.3, 0.4) is 0 Å². The molecule has 0 saturated heterocycles. The van der Waals surface area contributed by atoms with Crippen LogP contribution in [0.25, 0.3) is 28.3 Å². The van der Waals surface area contributed by atoms with Crippen LogP contribution in [0.1, 0.15) is 76.8 Å². The normalized spacial score (nSPS) is 15.3. The van der Waals surface area contributed by atoms with Crippen molar-refractivity contribution in [2.45, 2.75) is 66.8 Å². The zero-order valence-corrected chi connectivity index (χ0v) is 38.0. The summed E-state index contributed by atoms with van der Waals surface area (Å²) in [6.07, 6.45) is 22.4. The molecule has 0 amide bonds. The van der Waals surface area contributed by atoms with Crippen LogP contribution in [0.15, 0.2) is 223 Å². The van der Waals surface area contributed by atoms with Gasteiger partial charge in [0, 0.05) is 5.57 Å². The topological polar surface area (TPSA) is 12.4 Å². The van der Waals surface area contributed by atoms with E-state index in [1.54, 1.807) is 0 Å². The summed E-state index contributed by atoms with van der Waals surface area (Å²) in [4.78, 5) is 4.96. The third kappa shape index (κ3) is 13.1. The molecule has 316 valence electrons. The van der Waals surface area contributed by atoms with Crippen molar-refractivity contribution in [3.63, 3.8) is 0 Å². The fraction of sp³-hybridized carbons (Fsp3) is 0.177. The van der Waals surface area contributed by atoms with E-state index in [-0.39, 0.29) is 0 Å². The van der Waals surface area contributed by atoms with Gasteiger partial charge in [-0.1, -0.05) is 206 Å². The second-order valence-corrected chi connectivity index (χ2v) is 16.5. The number of allylic oxidation sites excluding steroid dienone is 11. The Hall–Kier alpha value is -6.83. The fourth-order valence-electron chi connectivity index (χ4n) is 8.39. The van der Waals surface area contributed by atoms with Crippen LogP contribution < -0.4 is 0 Å². The minimum absolute atomic E-state index is 0.637. The van der Waals surface area contributed by atoms with Gasteiger partial charge in [0.15, 0.2) is 0 Å². The smallest absolute Gasteiger partial charge is 0.0653 e. The number of benzene rings is 6. The number of fused-ring (bicyclic) bond motifs is 1. The molecule has 0 aliphatic heterocycles. The molecule has 6 aromatic rings. The molecule has 0 fully saturated rings. The van der Waals surface area contributed by atoms with E-state index in [1.165, 1.54) is 96.3 Å². The Morgan fingerprint density at radius 2 is 1.29 bits per heavy atom. The minimum Gasteiger partial charge on any atom is -0.280 e. The molecule has 1 nitrogen and oxygen atoms in total. The van der Waals surface area contributed by atoms with Gasteiger partial charge in [-0.15, -0.1) is 13.2 Å². The molecule has 9 rings (SSSR count). The monoisotopic (exact) mass is 821 g/mol. The number of nitrogens with zero attached hydrogens (tertiary/aromatic N) is 1. The Kier molecular flexibility index (Phi) is 17.0. The fourth-order valence-corrected chi connectivity index (χ4v) is 8.39. The van der Waals surface area contributed by atoms with E-state index in [1.807, 2.05) is 0 Å². The van der Waals surface area contributed by atoms with Gasteiger partial charge in [-0.2, -0.15) is 0 Å². The minimum atomic E-state index is 0.637. The summed E-state index contributed by atoms with van der Waals surface area (Å²) < 4.78 is 0. The van der Waals surface area contributed by atoms with Gasteiger partial charge in [0.25, 0.3) is 0 Å². The first kappa shape index (κ1) is 45.7. The molecule has 3 aliphatic rings. The quantitative estimate of drug-likeness (QED) is 0.136. The van der Waals surface area contributed by atoms with E-state index >= 15 is 0 Å². The van der Waals surface area contributed by atoms with E-state index in [4.69, 9.17) is 4.99 Å². The molecule has 3 aliphatic carbocycles. The molecular weight excluding hydrogens is 759 g/mol. The lowest BCUT2D eigenvalue weighted by Gasteiger charge is -2.16. The Bertz CT molecular complexity index is 2640. The van der Waals surface area contributed by atoms with Crippen LogP contribution in [0.2, 0.25) is 0 Å². The lowest BCUT2D eigenvalue weighted by atomic mass is 9.89. The zero-order valence-electron chi connectivity index (χ0n) is 38.0. The summed E-state index contributed by atoms with van der Waals surface area (Å²) in [5.41, 5.74) is 21.0. The van der Waals surface area contributed by atoms with E-state index < -0.39 is 0 Å². The SMILES string of the molecule is C/C(=C1/C=CC=CC1=NCc1cc(C)cc(C)c1)c1cccc(-c2ccccc2)c1.C1=C(c2ccccc2)Cc2ccccc21.C=C.Cc1ccccc1CC(C)C1=CCCC=C1. The molecular formula is C62H63N. The molecule has 6 aromatic carbocycles. The van der Waals surface area contributed by atoms with E-state index in [0.29, 0.717) is 12.5 Å². The molecule has 0 saturated carbocycles. The van der Waals surface area contributed by atoms with Gasteiger partial charge in [0.05, 0.1) is 12.3 Å². The number of hydrogen-bond donors (Lipinski definition) is 0. The molecule has 63 heavy (non-hydrogen) atoms. The number of hydrogen-bond acceptors (Lipinski definition) is 1. The number of aliphatic imine (C=N–C) groups is 1. The Morgan fingerprint density at radius 1 is 0.635 bits per heavy atom. The first-order valence-electron chi connectivity index (χ1n) is 22.4. The maximum atomic E-state index is 4.96. The van der Waals surface area contributed by atoms with Crippen LogP contribution in [0.4, 0.5) is 0 Å². The van der Waals surface area contributed by atoms with Gasteiger partial charge < -0.3 is 0 Å².